The highest BCUT2D eigenvalue weighted by atomic mass is 16.5. The Balaban J connectivity index is 2.33. The Morgan fingerprint density at radius 1 is 1.22 bits per heavy atom. The second kappa shape index (κ2) is 8.29. The number of anilines is 2. The van der Waals surface area contributed by atoms with Gasteiger partial charge in [0.1, 0.15) is 0 Å². The van der Waals surface area contributed by atoms with E-state index in [4.69, 9.17) is 10.5 Å². The number of carbonyl (C=O) groups excluding carboxylic acids is 2. The summed E-state index contributed by atoms with van der Waals surface area (Å²) in [6, 6.07) is 9.05. The fourth-order valence-corrected chi connectivity index (χ4v) is 3.02. The third-order valence-corrected chi connectivity index (χ3v) is 4.43. The van der Waals surface area contributed by atoms with Crippen LogP contribution in [0.1, 0.15) is 55.9 Å². The van der Waals surface area contributed by atoms with Crippen LogP contribution in [-0.4, -0.2) is 23.1 Å². The summed E-state index contributed by atoms with van der Waals surface area (Å²) in [7, 11) is 0. The molecule has 1 aromatic carbocycles. The third-order valence-electron chi connectivity index (χ3n) is 4.43. The van der Waals surface area contributed by atoms with Crippen LogP contribution in [0.5, 0.6) is 0 Å². The van der Waals surface area contributed by atoms with E-state index in [0.717, 1.165) is 11.4 Å². The zero-order chi connectivity index (χ0) is 20.2. The molecule has 0 fully saturated rings. The lowest BCUT2D eigenvalue weighted by Gasteiger charge is -2.22. The van der Waals surface area contributed by atoms with Crippen molar-refractivity contribution >= 4 is 23.3 Å². The number of rotatable bonds is 6. The zero-order valence-electron chi connectivity index (χ0n) is 16.8. The summed E-state index contributed by atoms with van der Waals surface area (Å²) in [6.45, 7) is 10.8. The normalized spacial score (nSPS) is 11.3. The number of nitrogens with zero attached hydrogens (tertiary/aromatic N) is 1. The first-order valence-corrected chi connectivity index (χ1v) is 9.17. The minimum atomic E-state index is -0.242. The maximum absolute atomic E-state index is 12.8. The monoisotopic (exact) mass is 371 g/mol. The Morgan fingerprint density at radius 3 is 2.48 bits per heavy atom. The summed E-state index contributed by atoms with van der Waals surface area (Å²) in [4.78, 5) is 24.6. The fourth-order valence-electron chi connectivity index (χ4n) is 3.02. The second-order valence-electron chi connectivity index (χ2n) is 7.53. The largest absolute Gasteiger partial charge is 0.466 e. The van der Waals surface area contributed by atoms with Crippen molar-refractivity contribution in [3.05, 3.63) is 47.3 Å². The van der Waals surface area contributed by atoms with Crippen molar-refractivity contribution in [1.82, 2.24) is 4.57 Å². The van der Waals surface area contributed by atoms with Gasteiger partial charge in [-0.05, 0) is 32.0 Å². The number of aromatic nitrogens is 1. The number of hydrogen-bond donors (Lipinski definition) is 2. The van der Waals surface area contributed by atoms with Gasteiger partial charge in [0, 0.05) is 23.3 Å². The number of nitrogens with one attached hydrogen (secondary N) is 1. The molecule has 0 bridgehead atoms. The van der Waals surface area contributed by atoms with Crippen molar-refractivity contribution in [2.24, 2.45) is 0 Å². The first-order valence-electron chi connectivity index (χ1n) is 9.17. The lowest BCUT2D eigenvalue weighted by molar-refractivity contribution is -0.143. The quantitative estimate of drug-likeness (QED) is 0.596. The van der Waals surface area contributed by atoms with Gasteiger partial charge in [-0.2, -0.15) is 0 Å². The highest BCUT2D eigenvalue weighted by Crippen LogP contribution is 2.29. The molecule has 0 saturated heterocycles. The summed E-state index contributed by atoms with van der Waals surface area (Å²) >= 11 is 0. The van der Waals surface area contributed by atoms with E-state index >= 15 is 0 Å². The average molecular weight is 371 g/mol. The van der Waals surface area contributed by atoms with Gasteiger partial charge in [0.05, 0.1) is 30.0 Å². The fraction of sp³-hybridized carbons (Fsp3) is 0.429. The average Bonchev–Trinajstić information content (AvgIpc) is 2.92. The van der Waals surface area contributed by atoms with Crippen LogP contribution in [0.25, 0.3) is 0 Å². The molecular weight excluding hydrogens is 342 g/mol. The maximum atomic E-state index is 12.8. The SMILES string of the molecule is CCOC(=O)CCn1c(C(C)(C)C)cc(C(=O)Nc2ccccc2N)c1C. The van der Waals surface area contributed by atoms with Crippen molar-refractivity contribution in [2.75, 3.05) is 17.7 Å². The van der Waals surface area contributed by atoms with Gasteiger partial charge >= 0.3 is 5.97 Å². The molecule has 1 amide bonds. The van der Waals surface area contributed by atoms with Gasteiger partial charge in [-0.3, -0.25) is 9.59 Å². The van der Waals surface area contributed by atoms with Crippen LogP contribution in [0, 0.1) is 6.92 Å². The van der Waals surface area contributed by atoms with Gasteiger partial charge in [-0.25, -0.2) is 0 Å². The zero-order valence-corrected chi connectivity index (χ0v) is 16.8. The van der Waals surface area contributed by atoms with Gasteiger partial charge in [0.15, 0.2) is 0 Å². The highest BCUT2D eigenvalue weighted by Gasteiger charge is 2.25. The highest BCUT2D eigenvalue weighted by molar-refractivity contribution is 6.06. The van der Waals surface area contributed by atoms with Crippen LogP contribution in [-0.2, 0) is 21.5 Å². The molecule has 0 aliphatic rings. The lowest BCUT2D eigenvalue weighted by Crippen LogP contribution is -2.20. The summed E-state index contributed by atoms with van der Waals surface area (Å²) in [6.07, 6.45) is 0.263. The predicted octanol–water partition coefficient (Wildman–Crippen LogP) is 3.88. The number of esters is 1. The molecule has 146 valence electrons. The third kappa shape index (κ3) is 4.90. The van der Waals surface area contributed by atoms with E-state index in [0.29, 0.717) is 30.1 Å². The maximum Gasteiger partial charge on any atom is 0.307 e. The molecule has 2 aromatic rings. The van der Waals surface area contributed by atoms with Crippen LogP contribution < -0.4 is 11.1 Å². The second-order valence-corrected chi connectivity index (χ2v) is 7.53. The van der Waals surface area contributed by atoms with Crippen LogP contribution in [0.2, 0.25) is 0 Å². The number of ether oxygens (including phenoxy) is 1. The van der Waals surface area contributed by atoms with Crippen molar-refractivity contribution < 1.29 is 14.3 Å². The van der Waals surface area contributed by atoms with E-state index in [9.17, 15) is 9.59 Å². The van der Waals surface area contributed by atoms with E-state index in [1.165, 1.54) is 0 Å². The smallest absolute Gasteiger partial charge is 0.307 e. The minimum absolute atomic E-state index is 0.177. The van der Waals surface area contributed by atoms with E-state index in [-0.39, 0.29) is 23.7 Å². The Hall–Kier alpha value is -2.76. The predicted molar refractivity (Wildman–Crippen MR) is 108 cm³/mol. The Bertz CT molecular complexity index is 832. The molecule has 0 saturated carbocycles. The molecule has 3 N–H and O–H groups in total. The van der Waals surface area contributed by atoms with Gasteiger partial charge < -0.3 is 20.4 Å². The number of carbonyl (C=O) groups is 2. The minimum Gasteiger partial charge on any atom is -0.466 e. The summed E-state index contributed by atoms with van der Waals surface area (Å²) in [5.74, 6) is -0.459. The van der Waals surface area contributed by atoms with Crippen molar-refractivity contribution in [3.63, 3.8) is 0 Å². The molecule has 0 aliphatic heterocycles. The number of para-hydroxylation sites is 2. The number of amides is 1. The molecule has 0 spiro atoms. The molecule has 1 aromatic heterocycles. The molecule has 2 rings (SSSR count). The lowest BCUT2D eigenvalue weighted by atomic mass is 9.91. The van der Waals surface area contributed by atoms with Crippen molar-refractivity contribution in [1.29, 1.82) is 0 Å². The van der Waals surface area contributed by atoms with Gasteiger partial charge in [-0.1, -0.05) is 32.9 Å². The molecule has 1 heterocycles. The van der Waals surface area contributed by atoms with Crippen molar-refractivity contribution in [2.45, 2.75) is 53.0 Å². The van der Waals surface area contributed by atoms with Crippen LogP contribution >= 0.6 is 0 Å². The Morgan fingerprint density at radius 2 is 1.89 bits per heavy atom. The molecule has 6 heteroatoms. The summed E-state index contributed by atoms with van der Waals surface area (Å²) in [5, 5.41) is 2.88. The molecule has 27 heavy (non-hydrogen) atoms. The van der Waals surface area contributed by atoms with E-state index in [1.807, 2.05) is 29.7 Å². The van der Waals surface area contributed by atoms with E-state index in [2.05, 4.69) is 26.1 Å². The first kappa shape index (κ1) is 20.6. The topological polar surface area (TPSA) is 86.3 Å². The first-order chi connectivity index (χ1) is 12.6. The molecule has 0 radical (unpaired) electrons. The Kier molecular flexibility index (Phi) is 6.31. The van der Waals surface area contributed by atoms with Crippen molar-refractivity contribution in [3.8, 4) is 0 Å². The van der Waals surface area contributed by atoms with Gasteiger partial charge in [0.2, 0.25) is 0 Å². The standard InChI is InChI=1S/C21H29N3O3/c1-6-27-19(25)11-12-24-14(2)15(13-18(24)21(3,4)5)20(26)23-17-10-8-7-9-16(17)22/h7-10,13H,6,11-12,22H2,1-5H3,(H,23,26). The molecule has 0 aliphatic carbocycles. The van der Waals surface area contributed by atoms with Crippen LogP contribution in [0.4, 0.5) is 11.4 Å². The molecule has 0 unspecified atom stereocenters. The summed E-state index contributed by atoms with van der Waals surface area (Å²) in [5.41, 5.74) is 9.24. The number of nitrogens with two attached hydrogens (primary N) is 1. The Labute approximate surface area is 160 Å². The number of hydrogen-bond acceptors (Lipinski definition) is 4. The number of nitrogen functional groups attached to an aromatic ring is 1. The molecule has 6 nitrogen and oxygen atoms in total. The molecular formula is C21H29N3O3. The van der Waals surface area contributed by atoms with Gasteiger partial charge in [-0.15, -0.1) is 0 Å². The van der Waals surface area contributed by atoms with Crippen LogP contribution in [0.3, 0.4) is 0 Å². The van der Waals surface area contributed by atoms with Gasteiger partial charge in [0.25, 0.3) is 5.91 Å². The number of benzene rings is 1. The summed E-state index contributed by atoms with van der Waals surface area (Å²) < 4.78 is 7.06. The van der Waals surface area contributed by atoms with Crippen LogP contribution in [0.15, 0.2) is 30.3 Å². The van der Waals surface area contributed by atoms with E-state index in [1.54, 1.807) is 19.1 Å². The molecule has 0 atom stereocenters. The van der Waals surface area contributed by atoms with E-state index < -0.39 is 0 Å².